The minimum atomic E-state index is 0.257. The predicted octanol–water partition coefficient (Wildman–Crippen LogP) is 8.65. The number of fused-ring (bicyclic) bond motifs is 2. The zero-order valence-electron chi connectivity index (χ0n) is 20.4. The summed E-state index contributed by atoms with van der Waals surface area (Å²) in [6, 6.07) is 8.23. The molecule has 3 heteroatoms. The lowest BCUT2D eigenvalue weighted by Crippen LogP contribution is -2.17. The number of anilines is 1. The zero-order chi connectivity index (χ0) is 22.4. The first kappa shape index (κ1) is 24.7. The summed E-state index contributed by atoms with van der Waals surface area (Å²) >= 11 is 0. The number of unbranched alkanes of at least 4 members (excludes halogenated alkanes) is 13. The van der Waals surface area contributed by atoms with Gasteiger partial charge in [-0.3, -0.25) is 9.78 Å². The molecule has 0 atom stereocenters. The highest BCUT2D eigenvalue weighted by molar-refractivity contribution is 6.09. The number of pyridine rings is 1. The maximum atomic E-state index is 12.6. The molecule has 0 bridgehead atoms. The largest absolute Gasteiger partial charge is 0.384 e. The molecule has 1 N–H and O–H groups in total. The average Bonchev–Trinajstić information content (AvgIpc) is 2.81. The molecular weight excluding hydrogens is 392 g/mol. The minimum Gasteiger partial charge on any atom is -0.384 e. The van der Waals surface area contributed by atoms with Crippen molar-refractivity contribution in [1.29, 1.82) is 0 Å². The van der Waals surface area contributed by atoms with Crippen molar-refractivity contribution in [3.05, 3.63) is 35.5 Å². The Hall–Kier alpha value is -1.90. The molecule has 1 aliphatic carbocycles. The summed E-state index contributed by atoms with van der Waals surface area (Å²) in [7, 11) is 0. The topological polar surface area (TPSA) is 42.0 Å². The molecule has 0 unspecified atom stereocenters. The Balaban J connectivity index is 1.31. The Morgan fingerprint density at radius 2 is 1.38 bits per heavy atom. The van der Waals surface area contributed by atoms with E-state index in [4.69, 9.17) is 4.98 Å². The zero-order valence-corrected chi connectivity index (χ0v) is 20.4. The second kappa shape index (κ2) is 14.3. The number of aromatic nitrogens is 1. The number of benzene rings is 1. The second-order valence-electron chi connectivity index (χ2n) is 9.63. The van der Waals surface area contributed by atoms with E-state index in [9.17, 15) is 4.79 Å². The van der Waals surface area contributed by atoms with Crippen molar-refractivity contribution in [1.82, 2.24) is 4.98 Å². The molecule has 0 saturated heterocycles. The van der Waals surface area contributed by atoms with Crippen molar-refractivity contribution < 1.29 is 4.79 Å². The first-order valence-corrected chi connectivity index (χ1v) is 13.5. The molecule has 0 saturated carbocycles. The number of hydrogen-bond acceptors (Lipinski definition) is 3. The van der Waals surface area contributed by atoms with Gasteiger partial charge in [-0.25, -0.2) is 0 Å². The Bertz CT molecular complexity index is 829. The Morgan fingerprint density at radius 1 is 0.781 bits per heavy atom. The fourth-order valence-electron chi connectivity index (χ4n) is 5.00. The van der Waals surface area contributed by atoms with Crippen LogP contribution in [0.4, 0.5) is 5.69 Å². The van der Waals surface area contributed by atoms with E-state index in [1.807, 2.05) is 12.1 Å². The number of Topliss-reactive ketones (excluding diaryl/α,β-unsaturated/α-hetero) is 1. The van der Waals surface area contributed by atoms with Crippen LogP contribution in [0.1, 0.15) is 126 Å². The number of nitrogens with one attached hydrogen (secondary N) is 1. The summed E-state index contributed by atoms with van der Waals surface area (Å²) in [6.45, 7) is 3.22. The van der Waals surface area contributed by atoms with Gasteiger partial charge in [0.15, 0.2) is 5.78 Å². The van der Waals surface area contributed by atoms with Gasteiger partial charge in [0.05, 0.1) is 22.5 Å². The van der Waals surface area contributed by atoms with Crippen molar-refractivity contribution >= 4 is 22.4 Å². The first-order valence-electron chi connectivity index (χ1n) is 13.5. The Kier molecular flexibility index (Phi) is 11.0. The molecule has 1 aromatic heterocycles. The summed E-state index contributed by atoms with van der Waals surface area (Å²) < 4.78 is 0. The van der Waals surface area contributed by atoms with E-state index >= 15 is 0 Å². The Morgan fingerprint density at radius 3 is 2.03 bits per heavy atom. The van der Waals surface area contributed by atoms with Crippen molar-refractivity contribution in [2.24, 2.45) is 0 Å². The van der Waals surface area contributed by atoms with Gasteiger partial charge in [0.2, 0.25) is 0 Å². The predicted molar refractivity (Wildman–Crippen MR) is 138 cm³/mol. The monoisotopic (exact) mass is 436 g/mol. The molecule has 1 aliphatic rings. The van der Waals surface area contributed by atoms with E-state index in [1.165, 1.54) is 83.5 Å². The smallest absolute Gasteiger partial charge is 0.166 e. The molecular formula is C29H44N2O. The van der Waals surface area contributed by atoms with Crippen LogP contribution < -0.4 is 5.32 Å². The van der Waals surface area contributed by atoms with E-state index in [1.54, 1.807) is 0 Å². The molecule has 0 spiro atoms. The fraction of sp³-hybridized carbons (Fsp3) is 0.655. The molecule has 0 amide bonds. The SMILES string of the molecule is CCCCCCCCCCCCCCCCNc1c2c(nc3ccccc13)CCCC2=O. The van der Waals surface area contributed by atoms with Crippen LogP contribution in [0.25, 0.3) is 10.9 Å². The van der Waals surface area contributed by atoms with Crippen LogP contribution in [0, 0.1) is 0 Å². The fourth-order valence-corrected chi connectivity index (χ4v) is 5.00. The normalized spacial score (nSPS) is 13.5. The van der Waals surface area contributed by atoms with Crippen LogP contribution in [-0.2, 0) is 6.42 Å². The van der Waals surface area contributed by atoms with Crippen LogP contribution >= 0.6 is 0 Å². The summed E-state index contributed by atoms with van der Waals surface area (Å²) in [5.74, 6) is 0.257. The first-order chi connectivity index (χ1) is 15.8. The molecule has 3 nitrogen and oxygen atoms in total. The van der Waals surface area contributed by atoms with Crippen LogP contribution in [0.15, 0.2) is 24.3 Å². The van der Waals surface area contributed by atoms with Gasteiger partial charge >= 0.3 is 0 Å². The minimum absolute atomic E-state index is 0.257. The number of carbonyl (C=O) groups excluding carboxylic acids is 1. The molecule has 0 radical (unpaired) electrons. The van der Waals surface area contributed by atoms with Crippen molar-refractivity contribution in [3.63, 3.8) is 0 Å². The molecule has 1 heterocycles. The third kappa shape index (κ3) is 7.60. The quantitative estimate of drug-likeness (QED) is 0.268. The van der Waals surface area contributed by atoms with Gasteiger partial charge in [0, 0.05) is 18.4 Å². The Labute approximate surface area is 195 Å². The highest BCUT2D eigenvalue weighted by Crippen LogP contribution is 2.33. The van der Waals surface area contributed by atoms with Crippen LogP contribution in [0.2, 0.25) is 0 Å². The lowest BCUT2D eigenvalue weighted by Gasteiger charge is -2.20. The van der Waals surface area contributed by atoms with E-state index in [0.717, 1.165) is 53.7 Å². The molecule has 2 aromatic rings. The lowest BCUT2D eigenvalue weighted by atomic mass is 9.91. The lowest BCUT2D eigenvalue weighted by molar-refractivity contribution is 0.0972. The number of hydrogen-bond donors (Lipinski definition) is 1. The molecule has 0 fully saturated rings. The van der Waals surface area contributed by atoms with Gasteiger partial charge in [-0.2, -0.15) is 0 Å². The summed E-state index contributed by atoms with van der Waals surface area (Å²) in [6.07, 6.45) is 21.8. The summed E-state index contributed by atoms with van der Waals surface area (Å²) in [5, 5.41) is 4.72. The number of rotatable bonds is 16. The van der Waals surface area contributed by atoms with Gasteiger partial charge in [-0.05, 0) is 25.3 Å². The molecule has 0 aliphatic heterocycles. The molecule has 1 aromatic carbocycles. The van der Waals surface area contributed by atoms with Gasteiger partial charge < -0.3 is 5.32 Å². The van der Waals surface area contributed by atoms with E-state index < -0.39 is 0 Å². The number of carbonyl (C=O) groups is 1. The third-order valence-electron chi connectivity index (χ3n) is 6.90. The van der Waals surface area contributed by atoms with Gasteiger partial charge in [-0.1, -0.05) is 109 Å². The van der Waals surface area contributed by atoms with Gasteiger partial charge in [0.1, 0.15) is 0 Å². The van der Waals surface area contributed by atoms with Crippen LogP contribution in [0.5, 0.6) is 0 Å². The van der Waals surface area contributed by atoms with E-state index in [-0.39, 0.29) is 5.78 Å². The maximum absolute atomic E-state index is 12.6. The average molecular weight is 437 g/mol. The number of para-hydroxylation sites is 1. The van der Waals surface area contributed by atoms with Crippen molar-refractivity contribution in [2.75, 3.05) is 11.9 Å². The second-order valence-corrected chi connectivity index (χ2v) is 9.63. The summed E-state index contributed by atoms with van der Waals surface area (Å²) in [4.78, 5) is 17.4. The highest BCUT2D eigenvalue weighted by atomic mass is 16.1. The van der Waals surface area contributed by atoms with Crippen molar-refractivity contribution in [2.45, 2.75) is 116 Å². The van der Waals surface area contributed by atoms with Crippen molar-refractivity contribution in [3.8, 4) is 0 Å². The van der Waals surface area contributed by atoms with E-state index in [2.05, 4.69) is 24.4 Å². The summed E-state index contributed by atoms with van der Waals surface area (Å²) in [5.41, 5.74) is 3.89. The highest BCUT2D eigenvalue weighted by Gasteiger charge is 2.24. The molecule has 32 heavy (non-hydrogen) atoms. The maximum Gasteiger partial charge on any atom is 0.166 e. The third-order valence-corrected chi connectivity index (χ3v) is 6.90. The van der Waals surface area contributed by atoms with Crippen LogP contribution in [-0.4, -0.2) is 17.3 Å². The van der Waals surface area contributed by atoms with Gasteiger partial charge in [-0.15, -0.1) is 0 Å². The number of nitrogens with zero attached hydrogens (tertiary/aromatic N) is 1. The standard InChI is InChI=1S/C29H44N2O/c1-2-3-4-5-6-7-8-9-10-11-12-13-14-17-23-30-29-24-19-15-16-20-25(24)31-26-21-18-22-27(32)28(26)29/h15-16,19-20H,2-14,17-18,21-23H2,1H3,(H,30,31). The van der Waals surface area contributed by atoms with Crippen LogP contribution in [0.3, 0.4) is 0 Å². The molecule has 176 valence electrons. The van der Waals surface area contributed by atoms with Gasteiger partial charge in [0.25, 0.3) is 0 Å². The number of ketones is 1. The number of aryl methyl sites for hydroxylation is 1. The molecule has 3 rings (SSSR count). The van der Waals surface area contributed by atoms with E-state index in [0.29, 0.717) is 6.42 Å².